The van der Waals surface area contributed by atoms with Crippen LogP contribution in [-0.2, 0) is 11.3 Å². The van der Waals surface area contributed by atoms with Crippen LogP contribution in [0.5, 0.6) is 0 Å². The zero-order valence-corrected chi connectivity index (χ0v) is 21.9. The lowest BCUT2D eigenvalue weighted by molar-refractivity contribution is -0.114. The number of fused-ring (bicyclic) bond motifs is 1. The molecule has 1 aliphatic carbocycles. The van der Waals surface area contributed by atoms with Crippen molar-refractivity contribution in [3.63, 3.8) is 0 Å². The second-order valence-corrected chi connectivity index (χ2v) is 11.1. The fourth-order valence-electron chi connectivity index (χ4n) is 5.14. The van der Waals surface area contributed by atoms with Crippen molar-refractivity contribution in [2.24, 2.45) is 11.8 Å². The van der Waals surface area contributed by atoms with Gasteiger partial charge in [0.25, 0.3) is 11.8 Å². The Labute approximate surface area is 222 Å². The van der Waals surface area contributed by atoms with Gasteiger partial charge in [-0.25, -0.2) is 4.39 Å². The Hall–Kier alpha value is -3.38. The number of thioether (sulfide) groups is 1. The Morgan fingerprint density at radius 3 is 2.54 bits per heavy atom. The lowest BCUT2D eigenvalue weighted by Crippen LogP contribution is -2.43. The first kappa shape index (κ1) is 25.3. The maximum atomic E-state index is 14.4. The van der Waals surface area contributed by atoms with E-state index in [1.54, 1.807) is 23.1 Å². The molecular weight excluding hydrogens is 483 g/mol. The van der Waals surface area contributed by atoms with Crippen molar-refractivity contribution in [1.82, 2.24) is 5.32 Å². The van der Waals surface area contributed by atoms with Gasteiger partial charge in [-0.3, -0.25) is 9.59 Å². The summed E-state index contributed by atoms with van der Waals surface area (Å²) >= 11 is 1.41. The molecule has 1 saturated carbocycles. The predicted octanol–water partition coefficient (Wildman–Crippen LogP) is 7.06. The third-order valence-corrected chi connectivity index (χ3v) is 8.69. The minimum Gasteiger partial charge on any atom is -0.349 e. The van der Waals surface area contributed by atoms with Gasteiger partial charge >= 0.3 is 0 Å². The molecule has 190 valence electrons. The molecule has 4 nitrogen and oxygen atoms in total. The minimum absolute atomic E-state index is 0.0572. The maximum absolute atomic E-state index is 14.4. The Balaban J connectivity index is 1.35. The minimum atomic E-state index is -0.331. The number of amides is 2. The van der Waals surface area contributed by atoms with E-state index >= 15 is 0 Å². The molecular formula is C31H31FN2O2S. The number of halogens is 1. The van der Waals surface area contributed by atoms with Gasteiger partial charge in [-0.2, -0.15) is 0 Å². The molecule has 3 atom stereocenters. The van der Waals surface area contributed by atoms with Crippen molar-refractivity contribution in [1.29, 1.82) is 0 Å². The van der Waals surface area contributed by atoms with E-state index in [2.05, 4.69) is 19.2 Å². The van der Waals surface area contributed by atoms with Gasteiger partial charge in [-0.05, 0) is 60.2 Å². The molecule has 5 rings (SSSR count). The summed E-state index contributed by atoms with van der Waals surface area (Å²) in [5.41, 5.74) is 2.68. The number of anilines is 1. The highest BCUT2D eigenvalue weighted by atomic mass is 32.2. The smallest absolute Gasteiger partial charge is 0.265 e. The molecule has 2 aliphatic rings. The molecule has 37 heavy (non-hydrogen) atoms. The van der Waals surface area contributed by atoms with E-state index in [-0.39, 0.29) is 30.2 Å². The summed E-state index contributed by atoms with van der Waals surface area (Å²) in [5.74, 6) is 0.516. The molecule has 3 aromatic carbocycles. The monoisotopic (exact) mass is 514 g/mol. The highest BCUT2D eigenvalue weighted by Gasteiger charge is 2.30. The lowest BCUT2D eigenvalue weighted by atomic mass is 9.78. The van der Waals surface area contributed by atoms with Crippen LogP contribution in [-0.4, -0.2) is 17.9 Å². The third kappa shape index (κ3) is 5.49. The van der Waals surface area contributed by atoms with Crippen LogP contribution in [0.3, 0.4) is 0 Å². The number of hydrogen-bond donors (Lipinski definition) is 1. The van der Waals surface area contributed by atoms with Crippen molar-refractivity contribution >= 4 is 35.3 Å². The average molecular weight is 515 g/mol. The number of carbonyl (C=O) groups is 2. The normalized spacial score (nSPS) is 22.6. The Morgan fingerprint density at radius 1 is 1.03 bits per heavy atom. The zero-order valence-electron chi connectivity index (χ0n) is 21.1. The van der Waals surface area contributed by atoms with Gasteiger partial charge < -0.3 is 10.2 Å². The van der Waals surface area contributed by atoms with E-state index in [0.29, 0.717) is 27.9 Å². The summed E-state index contributed by atoms with van der Waals surface area (Å²) in [4.78, 5) is 29.5. The summed E-state index contributed by atoms with van der Waals surface area (Å²) < 4.78 is 14.4. The SMILES string of the molecule is C[C@@H]1[C@H](C)CCC[C@H]1NC(=O)c1ccc(/C=C2\Sc3ccccc3N(Cc3ccccc3F)C2=O)cc1. The molecule has 1 fully saturated rings. The summed E-state index contributed by atoms with van der Waals surface area (Å²) in [5, 5.41) is 3.22. The van der Waals surface area contributed by atoms with Crippen LogP contribution in [0.1, 0.15) is 54.6 Å². The van der Waals surface area contributed by atoms with Crippen molar-refractivity contribution in [2.45, 2.75) is 50.6 Å². The van der Waals surface area contributed by atoms with Gasteiger partial charge in [0.2, 0.25) is 0 Å². The molecule has 3 aromatic rings. The Morgan fingerprint density at radius 2 is 1.76 bits per heavy atom. The molecule has 0 aromatic heterocycles. The number of hydrogen-bond acceptors (Lipinski definition) is 3. The first-order valence-corrected chi connectivity index (χ1v) is 13.7. The van der Waals surface area contributed by atoms with Gasteiger partial charge in [0.05, 0.1) is 17.1 Å². The van der Waals surface area contributed by atoms with Gasteiger partial charge in [0, 0.05) is 22.1 Å². The zero-order chi connectivity index (χ0) is 25.9. The van der Waals surface area contributed by atoms with E-state index in [1.165, 1.54) is 24.2 Å². The van der Waals surface area contributed by atoms with Crippen molar-refractivity contribution in [3.05, 3.63) is 100 Å². The van der Waals surface area contributed by atoms with Crippen LogP contribution < -0.4 is 10.2 Å². The molecule has 0 bridgehead atoms. The average Bonchev–Trinajstić information content (AvgIpc) is 2.90. The van der Waals surface area contributed by atoms with Crippen LogP contribution in [0.25, 0.3) is 6.08 Å². The van der Waals surface area contributed by atoms with Gasteiger partial charge in [-0.15, -0.1) is 0 Å². The van der Waals surface area contributed by atoms with Crippen LogP contribution >= 0.6 is 11.8 Å². The van der Waals surface area contributed by atoms with E-state index in [1.807, 2.05) is 54.6 Å². The highest BCUT2D eigenvalue weighted by molar-refractivity contribution is 8.04. The molecule has 0 radical (unpaired) electrons. The fraction of sp³-hybridized carbons (Fsp3) is 0.290. The van der Waals surface area contributed by atoms with E-state index in [0.717, 1.165) is 29.0 Å². The van der Waals surface area contributed by atoms with Crippen LogP contribution in [0.4, 0.5) is 10.1 Å². The number of rotatable bonds is 5. The Bertz CT molecular complexity index is 1340. The highest BCUT2D eigenvalue weighted by Crippen LogP contribution is 2.42. The third-order valence-electron chi connectivity index (χ3n) is 7.61. The molecule has 0 saturated heterocycles. The number of benzene rings is 3. The molecule has 1 heterocycles. The predicted molar refractivity (Wildman–Crippen MR) is 148 cm³/mol. The van der Waals surface area contributed by atoms with Crippen molar-refractivity contribution in [3.8, 4) is 0 Å². The van der Waals surface area contributed by atoms with Crippen molar-refractivity contribution in [2.75, 3.05) is 4.90 Å². The maximum Gasteiger partial charge on any atom is 0.265 e. The largest absolute Gasteiger partial charge is 0.349 e. The number of carbonyl (C=O) groups excluding carboxylic acids is 2. The van der Waals surface area contributed by atoms with E-state index in [9.17, 15) is 14.0 Å². The Kier molecular flexibility index (Phi) is 7.47. The standard InChI is InChI=1S/C31H31FN2O2S/c1-20-8-7-11-26(21(20)2)33-30(35)23-16-14-22(15-17-23)18-29-31(36)34(19-24-9-3-4-10-25(24)32)27-12-5-6-13-28(27)37-29/h3-6,9-10,12-18,20-21,26H,7-8,11,19H2,1-2H3,(H,33,35)/b29-18-/t20-,21-,26-/m1/s1. The summed E-state index contributed by atoms with van der Waals surface area (Å²) in [6.07, 6.45) is 5.22. The lowest BCUT2D eigenvalue weighted by Gasteiger charge is -2.34. The summed E-state index contributed by atoms with van der Waals surface area (Å²) in [6, 6.07) is 21.8. The van der Waals surface area contributed by atoms with Gasteiger partial charge in [-0.1, -0.05) is 80.9 Å². The van der Waals surface area contributed by atoms with E-state index < -0.39 is 0 Å². The molecule has 0 unspecified atom stereocenters. The number of para-hydroxylation sites is 1. The topological polar surface area (TPSA) is 49.4 Å². The molecule has 6 heteroatoms. The first-order valence-electron chi connectivity index (χ1n) is 12.9. The van der Waals surface area contributed by atoms with E-state index in [4.69, 9.17) is 0 Å². The van der Waals surface area contributed by atoms with Crippen molar-refractivity contribution < 1.29 is 14.0 Å². The second-order valence-electron chi connectivity index (χ2n) is 10.0. The molecule has 2 amide bonds. The van der Waals surface area contributed by atoms with Crippen LogP contribution in [0.2, 0.25) is 0 Å². The number of nitrogens with one attached hydrogen (secondary N) is 1. The molecule has 1 N–H and O–H groups in total. The molecule has 1 aliphatic heterocycles. The van der Waals surface area contributed by atoms with Crippen LogP contribution in [0, 0.1) is 17.7 Å². The summed E-state index contributed by atoms with van der Waals surface area (Å²) in [7, 11) is 0. The van der Waals surface area contributed by atoms with Gasteiger partial charge in [0.15, 0.2) is 0 Å². The first-order chi connectivity index (χ1) is 17.9. The quantitative estimate of drug-likeness (QED) is 0.371. The van der Waals surface area contributed by atoms with Gasteiger partial charge in [0.1, 0.15) is 5.82 Å². The fourth-order valence-corrected chi connectivity index (χ4v) is 6.19. The number of nitrogens with zero attached hydrogens (tertiary/aromatic N) is 1. The summed E-state index contributed by atoms with van der Waals surface area (Å²) in [6.45, 7) is 4.62. The van der Waals surface area contributed by atoms with Crippen LogP contribution in [0.15, 0.2) is 82.6 Å². The molecule has 0 spiro atoms. The second kappa shape index (κ2) is 10.9.